The molecule has 0 aliphatic carbocycles. The molecule has 1 aliphatic heterocycles. The Kier molecular flexibility index (Phi) is 9.45. The summed E-state index contributed by atoms with van der Waals surface area (Å²) in [7, 11) is 3.29. The van der Waals surface area contributed by atoms with Gasteiger partial charge < -0.3 is 18.9 Å². The van der Waals surface area contributed by atoms with Gasteiger partial charge in [-0.05, 0) is 97.6 Å². The van der Waals surface area contributed by atoms with E-state index < -0.39 is 0 Å². The number of para-hydroxylation sites is 1. The van der Waals surface area contributed by atoms with Crippen LogP contribution in [0.2, 0.25) is 0 Å². The van der Waals surface area contributed by atoms with E-state index in [-0.39, 0.29) is 11.9 Å². The average Bonchev–Trinajstić information content (AvgIpc) is 3.72. The van der Waals surface area contributed by atoms with Crippen molar-refractivity contribution in [1.82, 2.24) is 9.99 Å². The van der Waals surface area contributed by atoms with Gasteiger partial charge in [0, 0.05) is 30.9 Å². The van der Waals surface area contributed by atoms with Gasteiger partial charge >= 0.3 is 0 Å². The Balaban J connectivity index is 1.09. The molecule has 1 amide bonds. The average molecular weight is 650 g/mol. The molecule has 242 valence electrons. The highest BCUT2D eigenvalue weighted by Crippen LogP contribution is 2.39. The third kappa shape index (κ3) is 6.81. The second-order valence-corrected chi connectivity index (χ2v) is 12.7. The summed E-state index contributed by atoms with van der Waals surface area (Å²) in [6, 6.07) is 24.0. The highest BCUT2D eigenvalue weighted by molar-refractivity contribution is 7.21. The highest BCUT2D eigenvalue weighted by Gasteiger charge is 2.32. The lowest BCUT2D eigenvalue weighted by atomic mass is 9.95. The first kappa shape index (κ1) is 32.1. The van der Waals surface area contributed by atoms with E-state index in [1.54, 1.807) is 30.6 Å². The number of rotatable bonds is 11. The smallest absolute Gasteiger partial charge is 0.240 e. The van der Waals surface area contributed by atoms with Crippen LogP contribution in [0.1, 0.15) is 53.6 Å². The van der Waals surface area contributed by atoms with Crippen molar-refractivity contribution < 1.29 is 23.7 Å². The first-order chi connectivity index (χ1) is 22.7. The van der Waals surface area contributed by atoms with E-state index in [9.17, 15) is 4.79 Å². The SMILES string of the molecule is COc1ccc(C2CC(c3cc(C)c(C)c(OC)c3)=NN2C(C)=O)cc1OCCCOc1ccc(-c2nc3ccccc3s2)cc1C. The van der Waals surface area contributed by atoms with Gasteiger partial charge in [-0.15, -0.1) is 11.3 Å². The number of benzene rings is 4. The molecule has 2 heterocycles. The van der Waals surface area contributed by atoms with Gasteiger partial charge in [-0.2, -0.15) is 5.10 Å². The number of hydrogen-bond acceptors (Lipinski definition) is 8. The van der Waals surface area contributed by atoms with E-state index in [1.165, 1.54) is 11.6 Å². The number of carbonyl (C=O) groups excluding carboxylic acids is 1. The second-order valence-electron chi connectivity index (χ2n) is 11.7. The second kappa shape index (κ2) is 13.8. The van der Waals surface area contributed by atoms with Crippen LogP contribution in [0.25, 0.3) is 20.8 Å². The topological polar surface area (TPSA) is 82.5 Å². The van der Waals surface area contributed by atoms with Crippen LogP contribution in [0.15, 0.2) is 77.9 Å². The number of nitrogens with zero attached hydrogens (tertiary/aromatic N) is 3. The monoisotopic (exact) mass is 649 g/mol. The van der Waals surface area contributed by atoms with Gasteiger partial charge in [0.1, 0.15) is 16.5 Å². The molecule has 8 nitrogen and oxygen atoms in total. The van der Waals surface area contributed by atoms with Crippen molar-refractivity contribution in [3.63, 3.8) is 0 Å². The van der Waals surface area contributed by atoms with Gasteiger partial charge in [-0.3, -0.25) is 4.79 Å². The van der Waals surface area contributed by atoms with Crippen molar-refractivity contribution >= 4 is 33.2 Å². The third-order valence-corrected chi connectivity index (χ3v) is 9.58. The molecule has 0 N–H and O–H groups in total. The molecule has 1 atom stereocenters. The maximum Gasteiger partial charge on any atom is 0.240 e. The molecule has 0 bridgehead atoms. The Bertz CT molecular complexity index is 1930. The summed E-state index contributed by atoms with van der Waals surface area (Å²) >= 11 is 1.69. The predicted octanol–water partition coefficient (Wildman–Crippen LogP) is 8.45. The molecular weight excluding hydrogens is 611 g/mol. The number of fused-ring (bicyclic) bond motifs is 1. The van der Waals surface area contributed by atoms with E-state index in [2.05, 4.69) is 38.1 Å². The molecule has 0 radical (unpaired) electrons. The number of methoxy groups -OCH3 is 2. The summed E-state index contributed by atoms with van der Waals surface area (Å²) in [6.45, 7) is 8.62. The molecule has 0 saturated heterocycles. The minimum absolute atomic E-state index is 0.125. The molecule has 1 unspecified atom stereocenters. The largest absolute Gasteiger partial charge is 0.496 e. The van der Waals surface area contributed by atoms with Crippen LogP contribution in [0.4, 0.5) is 0 Å². The number of ether oxygens (including phenoxy) is 4. The van der Waals surface area contributed by atoms with Crippen molar-refractivity contribution in [2.24, 2.45) is 5.10 Å². The van der Waals surface area contributed by atoms with E-state index in [1.807, 2.05) is 55.5 Å². The number of hydrogen-bond donors (Lipinski definition) is 0. The normalized spacial score (nSPS) is 14.3. The fourth-order valence-electron chi connectivity index (χ4n) is 5.82. The Morgan fingerprint density at radius 1 is 0.830 bits per heavy atom. The maximum atomic E-state index is 12.7. The van der Waals surface area contributed by atoms with Gasteiger partial charge in [0.25, 0.3) is 0 Å². The molecule has 47 heavy (non-hydrogen) atoms. The molecule has 0 saturated carbocycles. The quantitative estimate of drug-likeness (QED) is 0.134. The summed E-state index contributed by atoms with van der Waals surface area (Å²) < 4.78 is 24.7. The molecule has 9 heteroatoms. The van der Waals surface area contributed by atoms with E-state index in [0.717, 1.165) is 61.1 Å². The fourth-order valence-corrected chi connectivity index (χ4v) is 6.78. The number of aromatic nitrogens is 1. The molecule has 0 spiro atoms. The van der Waals surface area contributed by atoms with Crippen molar-refractivity contribution in [1.29, 1.82) is 0 Å². The highest BCUT2D eigenvalue weighted by atomic mass is 32.1. The molecule has 1 aliphatic rings. The van der Waals surface area contributed by atoms with Crippen molar-refractivity contribution in [2.45, 2.75) is 46.6 Å². The van der Waals surface area contributed by atoms with E-state index in [4.69, 9.17) is 29.0 Å². The Morgan fingerprint density at radius 2 is 1.55 bits per heavy atom. The Morgan fingerprint density at radius 3 is 2.28 bits per heavy atom. The van der Waals surface area contributed by atoms with Crippen molar-refractivity contribution in [3.05, 3.63) is 101 Å². The molecular formula is C38H39N3O5S. The number of carbonyl (C=O) groups is 1. The molecule has 4 aromatic carbocycles. The zero-order chi connectivity index (χ0) is 33.1. The summed E-state index contributed by atoms with van der Waals surface area (Å²) in [5.74, 6) is 2.77. The van der Waals surface area contributed by atoms with Crippen LogP contribution in [-0.4, -0.2) is 49.0 Å². The summed E-state index contributed by atoms with van der Waals surface area (Å²) in [5, 5.41) is 7.30. The summed E-state index contributed by atoms with van der Waals surface area (Å²) in [5.41, 5.74) is 8.07. The number of hydrazone groups is 1. The summed E-state index contributed by atoms with van der Waals surface area (Å²) in [6.07, 6.45) is 1.25. The van der Waals surface area contributed by atoms with Gasteiger partial charge in [0.05, 0.1) is 49.4 Å². The zero-order valence-electron chi connectivity index (χ0n) is 27.6. The van der Waals surface area contributed by atoms with Gasteiger partial charge in [0.2, 0.25) is 5.91 Å². The van der Waals surface area contributed by atoms with E-state index >= 15 is 0 Å². The van der Waals surface area contributed by atoms with Crippen LogP contribution in [0.5, 0.6) is 23.0 Å². The minimum atomic E-state index is -0.264. The fraction of sp³-hybridized carbons (Fsp3) is 0.289. The third-order valence-electron chi connectivity index (χ3n) is 8.50. The summed E-state index contributed by atoms with van der Waals surface area (Å²) in [4.78, 5) is 17.5. The Labute approximate surface area is 279 Å². The maximum absolute atomic E-state index is 12.7. The van der Waals surface area contributed by atoms with Crippen LogP contribution < -0.4 is 18.9 Å². The minimum Gasteiger partial charge on any atom is -0.496 e. The Hall–Kier alpha value is -4.89. The zero-order valence-corrected chi connectivity index (χ0v) is 28.4. The lowest BCUT2D eigenvalue weighted by Gasteiger charge is -2.22. The standard InChI is InChI=1S/C38H39N3O5S/c1-23-18-29(21-35(44-6)25(23)3)31-22-32(41(40-31)26(4)42)27-12-15-34(43-5)36(20-27)46-17-9-16-45-33-14-13-28(19-24(33)2)38-39-30-10-7-8-11-37(30)47-38/h7-8,10-15,18-21,32H,9,16-17,22H2,1-6H3. The molecule has 5 aromatic rings. The number of aryl methyl sites for hydroxylation is 2. The first-order valence-corrected chi connectivity index (χ1v) is 16.5. The first-order valence-electron chi connectivity index (χ1n) is 15.7. The van der Waals surface area contributed by atoms with Gasteiger partial charge in [0.15, 0.2) is 11.5 Å². The van der Waals surface area contributed by atoms with Crippen LogP contribution in [0.3, 0.4) is 0 Å². The molecule has 6 rings (SSSR count). The number of thiazole rings is 1. The van der Waals surface area contributed by atoms with Crippen molar-refractivity contribution in [2.75, 3.05) is 27.4 Å². The number of amides is 1. The van der Waals surface area contributed by atoms with Gasteiger partial charge in [-0.25, -0.2) is 9.99 Å². The van der Waals surface area contributed by atoms with Crippen molar-refractivity contribution in [3.8, 4) is 33.6 Å². The van der Waals surface area contributed by atoms with Crippen LogP contribution in [-0.2, 0) is 4.79 Å². The van der Waals surface area contributed by atoms with E-state index in [0.29, 0.717) is 37.6 Å². The molecule has 1 aromatic heterocycles. The van der Waals surface area contributed by atoms with Gasteiger partial charge in [-0.1, -0.05) is 18.2 Å². The lowest BCUT2D eigenvalue weighted by molar-refractivity contribution is -0.130. The lowest BCUT2D eigenvalue weighted by Crippen LogP contribution is -2.24. The predicted molar refractivity (Wildman–Crippen MR) is 187 cm³/mol. The van der Waals surface area contributed by atoms with Crippen LogP contribution in [0, 0.1) is 20.8 Å². The molecule has 0 fully saturated rings. The van der Waals surface area contributed by atoms with Crippen LogP contribution >= 0.6 is 11.3 Å².